The van der Waals surface area contributed by atoms with Crippen LogP contribution in [0.3, 0.4) is 0 Å². The zero-order valence-corrected chi connectivity index (χ0v) is 9.93. The summed E-state index contributed by atoms with van der Waals surface area (Å²) in [6.07, 6.45) is 5.93. The zero-order valence-electron chi connectivity index (χ0n) is 9.17. The summed E-state index contributed by atoms with van der Waals surface area (Å²) in [5.74, 6) is 1.22. The number of hydrogen-bond donors (Lipinski definition) is 1. The number of halogens is 1. The second kappa shape index (κ2) is 4.13. The van der Waals surface area contributed by atoms with Crippen molar-refractivity contribution in [3.63, 3.8) is 0 Å². The molecule has 0 saturated heterocycles. The lowest BCUT2D eigenvalue weighted by atomic mass is 10.3. The quantitative estimate of drug-likeness (QED) is 0.908. The van der Waals surface area contributed by atoms with Gasteiger partial charge in [-0.25, -0.2) is 9.67 Å². The van der Waals surface area contributed by atoms with Gasteiger partial charge in [0.1, 0.15) is 0 Å². The highest BCUT2D eigenvalue weighted by Gasteiger charge is 2.26. The van der Waals surface area contributed by atoms with Gasteiger partial charge in [-0.05, 0) is 30.5 Å². The zero-order chi connectivity index (χ0) is 11.8. The molecule has 1 aliphatic carbocycles. The molecule has 0 aliphatic heterocycles. The van der Waals surface area contributed by atoms with E-state index in [1.54, 1.807) is 16.9 Å². The molecule has 17 heavy (non-hydrogen) atoms. The van der Waals surface area contributed by atoms with Crippen molar-refractivity contribution in [1.29, 1.82) is 0 Å². The molecule has 0 unspecified atom stereocenters. The second-order valence-electron chi connectivity index (χ2n) is 4.27. The lowest BCUT2D eigenvalue weighted by molar-refractivity contribution is 0.281. The summed E-state index contributed by atoms with van der Waals surface area (Å²) in [6, 6.07) is 3.72. The van der Waals surface area contributed by atoms with Gasteiger partial charge in [0.25, 0.3) is 0 Å². The lowest BCUT2D eigenvalue weighted by Crippen LogP contribution is -2.01. The van der Waals surface area contributed by atoms with Crippen LogP contribution < -0.4 is 0 Å². The molecule has 0 atom stereocenters. The Bertz CT molecular complexity index is 548. The first-order valence-electron chi connectivity index (χ1n) is 5.59. The van der Waals surface area contributed by atoms with E-state index < -0.39 is 0 Å². The Hall–Kier alpha value is -1.39. The number of aliphatic hydroxyl groups is 1. The smallest absolute Gasteiger partial charge is 0.172 e. The summed E-state index contributed by atoms with van der Waals surface area (Å²) in [6.45, 7) is -0.0561. The molecule has 0 radical (unpaired) electrons. The highest BCUT2D eigenvalue weighted by molar-refractivity contribution is 6.32. The molecule has 1 saturated carbocycles. The van der Waals surface area contributed by atoms with E-state index in [0.717, 1.165) is 5.69 Å². The van der Waals surface area contributed by atoms with E-state index in [2.05, 4.69) is 10.1 Å². The fraction of sp³-hybridized carbons (Fsp3) is 0.333. The maximum absolute atomic E-state index is 8.99. The van der Waals surface area contributed by atoms with Gasteiger partial charge in [0, 0.05) is 18.3 Å². The first kappa shape index (κ1) is 10.7. The topological polar surface area (TPSA) is 50.9 Å². The van der Waals surface area contributed by atoms with Gasteiger partial charge in [0.2, 0.25) is 0 Å². The standard InChI is InChI=1S/C12H12ClN3O/c13-10-5-8(7-17)6-14-12(10)16-4-3-11(15-16)9-1-2-9/h3-6,9,17H,1-2,7H2. The predicted molar refractivity (Wildman–Crippen MR) is 64.3 cm³/mol. The SMILES string of the molecule is OCc1cnc(-n2ccc(C3CC3)n2)c(Cl)c1. The van der Waals surface area contributed by atoms with Gasteiger partial charge in [0.15, 0.2) is 5.82 Å². The van der Waals surface area contributed by atoms with E-state index in [4.69, 9.17) is 16.7 Å². The van der Waals surface area contributed by atoms with Crippen molar-refractivity contribution in [2.45, 2.75) is 25.4 Å². The van der Waals surface area contributed by atoms with Crippen LogP contribution in [-0.4, -0.2) is 19.9 Å². The molecule has 2 aromatic rings. The van der Waals surface area contributed by atoms with Crippen LogP contribution in [0.1, 0.15) is 30.0 Å². The Morgan fingerprint density at radius 1 is 1.47 bits per heavy atom. The molecule has 88 valence electrons. The summed E-state index contributed by atoms with van der Waals surface area (Å²) in [4.78, 5) is 4.22. The molecule has 1 aliphatic rings. The Morgan fingerprint density at radius 2 is 2.29 bits per heavy atom. The van der Waals surface area contributed by atoms with Gasteiger partial charge in [-0.3, -0.25) is 0 Å². The average molecular weight is 250 g/mol. The Kier molecular flexibility index (Phi) is 2.61. The summed E-state index contributed by atoms with van der Waals surface area (Å²) >= 11 is 6.11. The first-order chi connectivity index (χ1) is 8.28. The van der Waals surface area contributed by atoms with Crippen molar-refractivity contribution in [2.24, 2.45) is 0 Å². The second-order valence-corrected chi connectivity index (χ2v) is 4.67. The van der Waals surface area contributed by atoms with E-state index in [-0.39, 0.29) is 6.61 Å². The third kappa shape index (κ3) is 2.06. The molecule has 0 bridgehead atoms. The van der Waals surface area contributed by atoms with Gasteiger partial charge >= 0.3 is 0 Å². The summed E-state index contributed by atoms with van der Waals surface area (Å²) in [5, 5.41) is 14.0. The molecule has 0 spiro atoms. The lowest BCUT2D eigenvalue weighted by Gasteiger charge is -2.04. The minimum atomic E-state index is -0.0561. The minimum absolute atomic E-state index is 0.0561. The number of aliphatic hydroxyl groups excluding tert-OH is 1. The highest BCUT2D eigenvalue weighted by atomic mass is 35.5. The number of nitrogens with zero attached hydrogens (tertiary/aromatic N) is 3. The molecule has 5 heteroatoms. The van der Waals surface area contributed by atoms with Gasteiger partial charge in [-0.15, -0.1) is 0 Å². The molecule has 2 aromatic heterocycles. The van der Waals surface area contributed by atoms with Gasteiger partial charge in [-0.2, -0.15) is 5.10 Å². The number of hydrogen-bond acceptors (Lipinski definition) is 3. The van der Waals surface area contributed by atoms with Gasteiger partial charge < -0.3 is 5.11 Å². The number of aromatic nitrogens is 3. The largest absolute Gasteiger partial charge is 0.392 e. The minimum Gasteiger partial charge on any atom is -0.392 e. The van der Waals surface area contributed by atoms with Crippen LogP contribution >= 0.6 is 11.6 Å². The van der Waals surface area contributed by atoms with Crippen molar-refractivity contribution in [2.75, 3.05) is 0 Å². The van der Waals surface area contributed by atoms with Gasteiger partial charge in [-0.1, -0.05) is 11.6 Å². The Labute approximate surface area is 104 Å². The normalized spacial score (nSPS) is 15.2. The van der Waals surface area contributed by atoms with Crippen molar-refractivity contribution >= 4 is 11.6 Å². The van der Waals surface area contributed by atoms with Crippen molar-refractivity contribution in [3.8, 4) is 5.82 Å². The van der Waals surface area contributed by atoms with Crippen LogP contribution in [0.2, 0.25) is 5.02 Å². The van der Waals surface area contributed by atoms with E-state index in [0.29, 0.717) is 22.3 Å². The number of rotatable bonds is 3. The maximum atomic E-state index is 8.99. The van der Waals surface area contributed by atoms with Crippen molar-refractivity contribution in [3.05, 3.63) is 40.8 Å². The molecule has 1 fully saturated rings. The van der Waals surface area contributed by atoms with Gasteiger partial charge in [0.05, 0.1) is 17.3 Å². The molecule has 1 N–H and O–H groups in total. The van der Waals surface area contributed by atoms with E-state index in [1.807, 2.05) is 12.3 Å². The molecular weight excluding hydrogens is 238 g/mol. The van der Waals surface area contributed by atoms with E-state index in [1.165, 1.54) is 12.8 Å². The summed E-state index contributed by atoms with van der Waals surface area (Å²) < 4.78 is 1.69. The van der Waals surface area contributed by atoms with Crippen LogP contribution in [0.4, 0.5) is 0 Å². The molecule has 0 aromatic carbocycles. The predicted octanol–water partition coefficient (Wildman–Crippen LogP) is 2.29. The summed E-state index contributed by atoms with van der Waals surface area (Å²) in [7, 11) is 0. The number of pyridine rings is 1. The van der Waals surface area contributed by atoms with Crippen LogP contribution in [0, 0.1) is 0 Å². The van der Waals surface area contributed by atoms with E-state index in [9.17, 15) is 0 Å². The van der Waals surface area contributed by atoms with Crippen molar-refractivity contribution in [1.82, 2.24) is 14.8 Å². The monoisotopic (exact) mass is 249 g/mol. The fourth-order valence-electron chi connectivity index (χ4n) is 1.78. The highest BCUT2D eigenvalue weighted by Crippen LogP contribution is 2.39. The Morgan fingerprint density at radius 3 is 2.94 bits per heavy atom. The van der Waals surface area contributed by atoms with E-state index >= 15 is 0 Å². The van der Waals surface area contributed by atoms with Crippen LogP contribution in [0.5, 0.6) is 0 Å². The molecule has 0 amide bonds. The molecule has 2 heterocycles. The van der Waals surface area contributed by atoms with Crippen molar-refractivity contribution < 1.29 is 5.11 Å². The molecular formula is C12H12ClN3O. The van der Waals surface area contributed by atoms with Crippen LogP contribution in [0.25, 0.3) is 5.82 Å². The maximum Gasteiger partial charge on any atom is 0.172 e. The third-order valence-corrected chi connectivity index (χ3v) is 3.16. The van der Waals surface area contributed by atoms with Crippen LogP contribution in [-0.2, 0) is 6.61 Å². The summed E-state index contributed by atoms with van der Waals surface area (Å²) in [5.41, 5.74) is 1.81. The molecule has 3 rings (SSSR count). The molecule has 4 nitrogen and oxygen atoms in total. The average Bonchev–Trinajstić information content (AvgIpc) is 3.08. The first-order valence-corrected chi connectivity index (χ1v) is 5.97. The fourth-order valence-corrected chi connectivity index (χ4v) is 2.05. The third-order valence-electron chi connectivity index (χ3n) is 2.88. The van der Waals surface area contributed by atoms with Crippen LogP contribution in [0.15, 0.2) is 24.5 Å². The Balaban J connectivity index is 1.96.